The van der Waals surface area contributed by atoms with E-state index in [2.05, 4.69) is 20.7 Å². The number of hydrogen-bond acceptors (Lipinski definition) is 6. The number of para-hydroxylation sites is 1. The lowest BCUT2D eigenvalue weighted by atomic mass is 10.1. The summed E-state index contributed by atoms with van der Waals surface area (Å²) in [6, 6.07) is 12.4. The number of carbonyl (C=O) groups is 3. The van der Waals surface area contributed by atoms with Crippen LogP contribution in [0.2, 0.25) is 0 Å². The van der Waals surface area contributed by atoms with Gasteiger partial charge in [0.15, 0.2) is 5.82 Å². The topological polar surface area (TPSA) is 106 Å². The van der Waals surface area contributed by atoms with Crippen molar-refractivity contribution in [2.45, 2.75) is 18.9 Å². The molecule has 0 aliphatic carbocycles. The van der Waals surface area contributed by atoms with Gasteiger partial charge in [0.2, 0.25) is 17.6 Å². The first kappa shape index (κ1) is 17.1. The van der Waals surface area contributed by atoms with Crippen molar-refractivity contribution in [3.63, 3.8) is 0 Å². The Bertz CT molecular complexity index is 997. The van der Waals surface area contributed by atoms with E-state index < -0.39 is 17.9 Å². The van der Waals surface area contributed by atoms with Crippen LogP contribution in [0, 0.1) is 0 Å². The van der Waals surface area contributed by atoms with Gasteiger partial charge in [0.25, 0.3) is 5.91 Å². The number of amides is 3. The molecule has 0 bridgehead atoms. The number of nitrogens with one attached hydrogen (secondary N) is 2. The van der Waals surface area contributed by atoms with Crippen LogP contribution in [0.1, 0.15) is 23.5 Å². The van der Waals surface area contributed by atoms with E-state index in [4.69, 9.17) is 0 Å². The standard InChI is InChI=1S/C18H15N5O3S/c24-14-9-8-12(17(25)20-14)19-18(26)15-21-16(13-7-4-10-27-13)23(22-15)11-5-2-1-3-6-11/h1-7,10,12H,8-9H2,(H,19,26)(H,20,24,25). The summed E-state index contributed by atoms with van der Waals surface area (Å²) in [5.41, 5.74) is 0.772. The van der Waals surface area contributed by atoms with E-state index in [0.717, 1.165) is 10.6 Å². The van der Waals surface area contributed by atoms with Gasteiger partial charge >= 0.3 is 0 Å². The molecule has 1 aliphatic rings. The smallest absolute Gasteiger partial charge is 0.291 e. The quantitative estimate of drug-likeness (QED) is 0.667. The predicted molar refractivity (Wildman–Crippen MR) is 98.3 cm³/mol. The largest absolute Gasteiger partial charge is 0.337 e. The van der Waals surface area contributed by atoms with Crippen molar-refractivity contribution in [2.75, 3.05) is 0 Å². The van der Waals surface area contributed by atoms with Gasteiger partial charge in [-0.05, 0) is 30.0 Å². The van der Waals surface area contributed by atoms with Gasteiger partial charge in [-0.25, -0.2) is 9.67 Å². The maximum atomic E-state index is 12.6. The lowest BCUT2D eigenvalue weighted by Crippen LogP contribution is -2.52. The van der Waals surface area contributed by atoms with Gasteiger partial charge in [-0.1, -0.05) is 24.3 Å². The van der Waals surface area contributed by atoms with Crippen molar-refractivity contribution in [3.8, 4) is 16.4 Å². The molecular weight excluding hydrogens is 366 g/mol. The van der Waals surface area contributed by atoms with E-state index in [0.29, 0.717) is 5.82 Å². The molecule has 9 heteroatoms. The Balaban J connectivity index is 1.64. The van der Waals surface area contributed by atoms with Crippen molar-refractivity contribution >= 4 is 29.1 Å². The molecule has 2 N–H and O–H groups in total. The molecule has 27 heavy (non-hydrogen) atoms. The lowest BCUT2D eigenvalue weighted by Gasteiger charge is -2.20. The highest BCUT2D eigenvalue weighted by Gasteiger charge is 2.29. The third kappa shape index (κ3) is 3.49. The minimum absolute atomic E-state index is 0.0352. The van der Waals surface area contributed by atoms with Crippen molar-refractivity contribution in [1.82, 2.24) is 25.4 Å². The van der Waals surface area contributed by atoms with Crippen LogP contribution in [-0.2, 0) is 9.59 Å². The number of carbonyl (C=O) groups excluding carboxylic acids is 3. The summed E-state index contributed by atoms with van der Waals surface area (Å²) in [5.74, 6) is -0.897. The first-order valence-electron chi connectivity index (χ1n) is 8.33. The zero-order valence-corrected chi connectivity index (χ0v) is 14.9. The number of thiophene rings is 1. The molecule has 136 valence electrons. The van der Waals surface area contributed by atoms with Crippen molar-refractivity contribution < 1.29 is 14.4 Å². The van der Waals surface area contributed by atoms with Gasteiger partial charge in [0.1, 0.15) is 6.04 Å². The van der Waals surface area contributed by atoms with Gasteiger partial charge in [0.05, 0.1) is 10.6 Å². The average Bonchev–Trinajstić information content (AvgIpc) is 3.34. The van der Waals surface area contributed by atoms with Crippen LogP contribution >= 0.6 is 11.3 Å². The molecule has 2 aromatic heterocycles. The van der Waals surface area contributed by atoms with Crippen LogP contribution in [-0.4, -0.2) is 38.5 Å². The van der Waals surface area contributed by atoms with Crippen LogP contribution in [0.4, 0.5) is 0 Å². The molecular formula is C18H15N5O3S. The summed E-state index contributed by atoms with van der Waals surface area (Å²) in [6.45, 7) is 0. The van der Waals surface area contributed by atoms with E-state index in [1.807, 2.05) is 47.8 Å². The number of aromatic nitrogens is 3. The van der Waals surface area contributed by atoms with E-state index in [1.54, 1.807) is 4.68 Å². The monoisotopic (exact) mass is 381 g/mol. The molecule has 1 unspecified atom stereocenters. The lowest BCUT2D eigenvalue weighted by molar-refractivity contribution is -0.134. The summed E-state index contributed by atoms with van der Waals surface area (Å²) in [4.78, 5) is 40.9. The molecule has 3 amide bonds. The third-order valence-corrected chi connectivity index (χ3v) is 4.96. The van der Waals surface area contributed by atoms with Gasteiger partial charge in [-0.15, -0.1) is 16.4 Å². The van der Waals surface area contributed by atoms with Gasteiger partial charge in [-0.3, -0.25) is 19.7 Å². The van der Waals surface area contributed by atoms with E-state index in [9.17, 15) is 14.4 Å². The maximum Gasteiger partial charge on any atom is 0.291 e. The van der Waals surface area contributed by atoms with Crippen LogP contribution < -0.4 is 10.6 Å². The Morgan fingerprint density at radius 3 is 2.70 bits per heavy atom. The highest BCUT2D eigenvalue weighted by Crippen LogP contribution is 2.25. The Morgan fingerprint density at radius 1 is 1.19 bits per heavy atom. The number of nitrogens with zero attached hydrogens (tertiary/aromatic N) is 3. The highest BCUT2D eigenvalue weighted by molar-refractivity contribution is 7.13. The van der Waals surface area contributed by atoms with Crippen LogP contribution in [0.25, 0.3) is 16.4 Å². The minimum Gasteiger partial charge on any atom is -0.337 e. The Morgan fingerprint density at radius 2 is 2.00 bits per heavy atom. The molecule has 3 heterocycles. The van der Waals surface area contributed by atoms with Crippen LogP contribution in [0.3, 0.4) is 0 Å². The zero-order chi connectivity index (χ0) is 18.8. The summed E-state index contributed by atoms with van der Waals surface area (Å²) < 4.78 is 1.60. The average molecular weight is 381 g/mol. The molecule has 3 aromatic rings. The normalized spacial score (nSPS) is 16.8. The molecule has 0 radical (unpaired) electrons. The SMILES string of the molecule is O=C1CCC(NC(=O)c2nc(-c3cccs3)n(-c3ccccc3)n2)C(=O)N1. The zero-order valence-electron chi connectivity index (χ0n) is 14.1. The fourth-order valence-electron chi connectivity index (χ4n) is 2.78. The molecule has 1 fully saturated rings. The van der Waals surface area contributed by atoms with Gasteiger partial charge < -0.3 is 5.32 Å². The highest BCUT2D eigenvalue weighted by atomic mass is 32.1. The Hall–Kier alpha value is -3.33. The molecule has 0 spiro atoms. The second kappa shape index (κ2) is 7.12. The molecule has 8 nitrogen and oxygen atoms in total. The fraction of sp³-hybridized carbons (Fsp3) is 0.167. The first-order chi connectivity index (χ1) is 13.1. The molecule has 1 aromatic carbocycles. The van der Waals surface area contributed by atoms with Crippen molar-refractivity contribution in [3.05, 3.63) is 53.7 Å². The number of piperidine rings is 1. The molecule has 1 aliphatic heterocycles. The second-order valence-electron chi connectivity index (χ2n) is 5.96. The van der Waals surface area contributed by atoms with E-state index in [-0.39, 0.29) is 24.6 Å². The van der Waals surface area contributed by atoms with Crippen LogP contribution in [0.15, 0.2) is 47.8 Å². The van der Waals surface area contributed by atoms with Gasteiger partial charge in [-0.2, -0.15) is 0 Å². The van der Waals surface area contributed by atoms with Gasteiger partial charge in [0, 0.05) is 6.42 Å². The fourth-order valence-corrected chi connectivity index (χ4v) is 3.48. The molecule has 1 atom stereocenters. The van der Waals surface area contributed by atoms with E-state index >= 15 is 0 Å². The predicted octanol–water partition coefficient (Wildman–Crippen LogP) is 1.53. The summed E-state index contributed by atoms with van der Waals surface area (Å²) >= 11 is 1.49. The maximum absolute atomic E-state index is 12.6. The summed E-state index contributed by atoms with van der Waals surface area (Å²) in [6.07, 6.45) is 0.441. The second-order valence-corrected chi connectivity index (χ2v) is 6.91. The third-order valence-electron chi connectivity index (χ3n) is 4.10. The summed E-state index contributed by atoms with van der Waals surface area (Å²) in [5, 5.41) is 11.1. The number of rotatable bonds is 4. The Kier molecular flexibility index (Phi) is 4.51. The molecule has 0 saturated carbocycles. The van der Waals surface area contributed by atoms with E-state index in [1.165, 1.54) is 11.3 Å². The number of imide groups is 1. The first-order valence-corrected chi connectivity index (χ1v) is 9.21. The van der Waals surface area contributed by atoms with Crippen LogP contribution in [0.5, 0.6) is 0 Å². The summed E-state index contributed by atoms with van der Waals surface area (Å²) in [7, 11) is 0. The number of benzene rings is 1. The van der Waals surface area contributed by atoms with Crippen molar-refractivity contribution in [2.24, 2.45) is 0 Å². The minimum atomic E-state index is -0.774. The Labute approximate surface area is 158 Å². The number of hydrogen-bond donors (Lipinski definition) is 2. The molecule has 4 rings (SSSR count). The van der Waals surface area contributed by atoms with Crippen molar-refractivity contribution in [1.29, 1.82) is 0 Å². The molecule has 1 saturated heterocycles.